The molecule has 0 nitrogen and oxygen atoms in total. The summed E-state index contributed by atoms with van der Waals surface area (Å²) in [5.41, 5.74) is 13.5. The number of rotatable bonds is 6. The Morgan fingerprint density at radius 1 is 0.353 bits per heavy atom. The van der Waals surface area contributed by atoms with Crippen molar-refractivity contribution in [3.63, 3.8) is 0 Å². The first-order valence-electron chi connectivity index (χ1n) is 12.4. The average molecular weight is 441 g/mol. The fourth-order valence-electron chi connectivity index (χ4n) is 5.22. The van der Waals surface area contributed by atoms with E-state index in [1.165, 1.54) is 55.7 Å². The van der Waals surface area contributed by atoms with E-state index >= 15 is 0 Å². The molecule has 0 aromatic heterocycles. The summed E-state index contributed by atoms with van der Waals surface area (Å²) in [7, 11) is 0. The van der Waals surface area contributed by atoms with Crippen molar-refractivity contribution in [1.29, 1.82) is 0 Å². The first kappa shape index (κ1) is 22.2. The molecule has 34 heavy (non-hydrogen) atoms. The van der Waals surface area contributed by atoms with Gasteiger partial charge in [-0.2, -0.15) is 0 Å². The standard InChI is InChI=1S/C34H32/c1-23(2)27-19-11-13-21-29(27)33-31(25-15-7-5-8-16-25)34(32(33)26-17-9-6-10-18-26)30-22-14-12-20-28(30)24(3)4/h5-24H,1-4H3. The van der Waals surface area contributed by atoms with Gasteiger partial charge in [-0.15, -0.1) is 0 Å². The fraction of sp³-hybridized carbons (Fsp3) is 0.176. The molecule has 0 radical (unpaired) electrons. The van der Waals surface area contributed by atoms with E-state index in [0.29, 0.717) is 11.8 Å². The minimum Gasteiger partial charge on any atom is -0.0622 e. The van der Waals surface area contributed by atoms with Gasteiger partial charge in [-0.3, -0.25) is 0 Å². The van der Waals surface area contributed by atoms with Gasteiger partial charge in [0.05, 0.1) is 0 Å². The van der Waals surface area contributed by atoms with E-state index < -0.39 is 0 Å². The van der Waals surface area contributed by atoms with Crippen LogP contribution in [-0.4, -0.2) is 0 Å². The van der Waals surface area contributed by atoms with Gasteiger partial charge in [0.1, 0.15) is 0 Å². The smallest absolute Gasteiger partial charge is 0.00110 e. The van der Waals surface area contributed by atoms with Crippen LogP contribution in [0.25, 0.3) is 22.3 Å². The van der Waals surface area contributed by atoms with E-state index in [0.717, 1.165) is 0 Å². The van der Waals surface area contributed by atoms with Gasteiger partial charge >= 0.3 is 0 Å². The van der Waals surface area contributed by atoms with Gasteiger partial charge in [-0.25, -0.2) is 0 Å². The van der Waals surface area contributed by atoms with Crippen molar-refractivity contribution < 1.29 is 0 Å². The molecule has 168 valence electrons. The zero-order chi connectivity index (χ0) is 23.7. The Balaban J connectivity index is 1.87. The van der Waals surface area contributed by atoms with Crippen LogP contribution in [0.5, 0.6) is 0 Å². The summed E-state index contributed by atoms with van der Waals surface area (Å²) >= 11 is 0. The molecule has 0 aliphatic heterocycles. The zero-order valence-corrected chi connectivity index (χ0v) is 20.5. The number of allylic oxidation sites excluding steroid dienone is 4. The van der Waals surface area contributed by atoms with E-state index in [-0.39, 0.29) is 0 Å². The Labute approximate surface area is 204 Å². The zero-order valence-electron chi connectivity index (χ0n) is 20.5. The summed E-state index contributed by atoms with van der Waals surface area (Å²) in [6.45, 7) is 9.17. The van der Waals surface area contributed by atoms with Crippen LogP contribution in [0, 0.1) is 0 Å². The minimum absolute atomic E-state index is 0.449. The van der Waals surface area contributed by atoms with Crippen LogP contribution in [0.15, 0.2) is 109 Å². The molecule has 0 bridgehead atoms. The summed E-state index contributed by atoms with van der Waals surface area (Å²) in [5.74, 6) is 0.898. The quantitative estimate of drug-likeness (QED) is 0.280. The molecule has 0 saturated carbocycles. The molecule has 0 saturated heterocycles. The first-order chi connectivity index (χ1) is 16.6. The van der Waals surface area contributed by atoms with Crippen molar-refractivity contribution in [3.8, 4) is 0 Å². The van der Waals surface area contributed by atoms with E-state index in [9.17, 15) is 0 Å². The van der Waals surface area contributed by atoms with Crippen LogP contribution in [0.3, 0.4) is 0 Å². The van der Waals surface area contributed by atoms with E-state index in [1.54, 1.807) is 0 Å². The molecule has 0 unspecified atom stereocenters. The average Bonchev–Trinajstić information content (AvgIpc) is 2.85. The molecule has 0 heteroatoms. The van der Waals surface area contributed by atoms with Crippen LogP contribution >= 0.6 is 0 Å². The first-order valence-corrected chi connectivity index (χ1v) is 12.4. The monoisotopic (exact) mass is 440 g/mol. The van der Waals surface area contributed by atoms with Gasteiger partial charge in [0.15, 0.2) is 0 Å². The summed E-state index contributed by atoms with van der Waals surface area (Å²) < 4.78 is 0. The molecule has 0 atom stereocenters. The summed E-state index contributed by atoms with van der Waals surface area (Å²) in [6.07, 6.45) is 0. The maximum Gasteiger partial charge on any atom is -0.00110 e. The lowest BCUT2D eigenvalue weighted by atomic mass is 9.67. The Hall–Kier alpha value is -3.64. The predicted octanol–water partition coefficient (Wildman–Crippen LogP) is 9.47. The molecule has 0 fully saturated rings. The molecule has 1 aliphatic carbocycles. The van der Waals surface area contributed by atoms with Crippen molar-refractivity contribution in [2.75, 3.05) is 0 Å². The van der Waals surface area contributed by atoms with Crippen LogP contribution < -0.4 is 0 Å². The highest BCUT2D eigenvalue weighted by molar-refractivity contribution is 6.43. The molecule has 5 rings (SSSR count). The lowest BCUT2D eigenvalue weighted by Crippen LogP contribution is -2.13. The second kappa shape index (κ2) is 9.31. The molecule has 4 aromatic rings. The van der Waals surface area contributed by atoms with E-state index in [2.05, 4.69) is 137 Å². The lowest BCUT2D eigenvalue weighted by molar-refractivity contribution is 0.862. The van der Waals surface area contributed by atoms with Gasteiger partial charge in [0, 0.05) is 0 Å². The Morgan fingerprint density at radius 2 is 0.676 bits per heavy atom. The highest BCUT2D eigenvalue weighted by Crippen LogP contribution is 2.57. The predicted molar refractivity (Wildman–Crippen MR) is 148 cm³/mol. The van der Waals surface area contributed by atoms with Crippen molar-refractivity contribution in [1.82, 2.24) is 0 Å². The summed E-state index contributed by atoms with van der Waals surface area (Å²) in [4.78, 5) is 0. The lowest BCUT2D eigenvalue weighted by Gasteiger charge is -2.35. The largest absolute Gasteiger partial charge is 0.0622 e. The molecule has 0 N–H and O–H groups in total. The number of hydrogen-bond acceptors (Lipinski definition) is 0. The fourth-order valence-corrected chi connectivity index (χ4v) is 5.22. The topological polar surface area (TPSA) is 0 Å². The van der Waals surface area contributed by atoms with Crippen LogP contribution in [-0.2, 0) is 0 Å². The number of hydrogen-bond donors (Lipinski definition) is 0. The van der Waals surface area contributed by atoms with Gasteiger partial charge in [-0.1, -0.05) is 137 Å². The Kier molecular flexibility index (Phi) is 6.07. The van der Waals surface area contributed by atoms with E-state index in [1.807, 2.05) is 0 Å². The normalized spacial score (nSPS) is 13.6. The molecule has 0 spiro atoms. The van der Waals surface area contributed by atoms with Gasteiger partial charge in [0.25, 0.3) is 0 Å². The molecule has 0 amide bonds. The summed E-state index contributed by atoms with van der Waals surface area (Å²) in [6, 6.07) is 39.7. The second-order valence-corrected chi connectivity index (χ2v) is 9.72. The number of benzene rings is 4. The van der Waals surface area contributed by atoms with Crippen LogP contribution in [0.4, 0.5) is 0 Å². The molecule has 4 aromatic carbocycles. The third kappa shape index (κ3) is 3.84. The summed E-state index contributed by atoms with van der Waals surface area (Å²) in [5, 5.41) is 0. The maximum absolute atomic E-state index is 2.31. The second-order valence-electron chi connectivity index (χ2n) is 9.72. The van der Waals surface area contributed by atoms with E-state index in [4.69, 9.17) is 0 Å². The van der Waals surface area contributed by atoms with Gasteiger partial charge in [0.2, 0.25) is 0 Å². The maximum atomic E-state index is 2.31. The van der Waals surface area contributed by atoms with Gasteiger partial charge < -0.3 is 0 Å². The molecule has 0 heterocycles. The van der Waals surface area contributed by atoms with Crippen molar-refractivity contribution in [2.24, 2.45) is 0 Å². The van der Waals surface area contributed by atoms with Gasteiger partial charge in [-0.05, 0) is 67.5 Å². The highest BCUT2D eigenvalue weighted by Gasteiger charge is 2.35. The molecule has 1 aliphatic rings. The highest BCUT2D eigenvalue weighted by atomic mass is 14.4. The molecular weight excluding hydrogens is 408 g/mol. The minimum atomic E-state index is 0.449. The van der Waals surface area contributed by atoms with Crippen molar-refractivity contribution in [2.45, 2.75) is 39.5 Å². The third-order valence-corrected chi connectivity index (χ3v) is 6.83. The molecular formula is C34H32. The Bertz CT molecular complexity index is 1250. The SMILES string of the molecule is CC(C)c1ccccc1C1=C(c2ccccc2)C(c2ccccc2C(C)C)=C1c1ccccc1. The van der Waals surface area contributed by atoms with Crippen LogP contribution in [0.2, 0.25) is 0 Å². The van der Waals surface area contributed by atoms with Crippen molar-refractivity contribution in [3.05, 3.63) is 143 Å². The van der Waals surface area contributed by atoms with Crippen molar-refractivity contribution >= 4 is 22.3 Å². The van der Waals surface area contributed by atoms with Crippen LogP contribution in [0.1, 0.15) is 72.9 Å². The third-order valence-electron chi connectivity index (χ3n) is 6.83. The Morgan fingerprint density at radius 3 is 1.03 bits per heavy atom.